The van der Waals surface area contributed by atoms with E-state index >= 15 is 0 Å². The maximum atomic E-state index is 12.1. The smallest absolute Gasteiger partial charge is 0.242 e. The zero-order chi connectivity index (χ0) is 14.6. The Labute approximate surface area is 128 Å². The lowest BCUT2D eigenvalue weighted by atomic mass is 10.2. The number of thiocarbonyl (C=S) groups is 1. The van der Waals surface area contributed by atoms with Gasteiger partial charge in [0.1, 0.15) is 9.88 Å². The molecule has 8 heteroatoms. The summed E-state index contributed by atoms with van der Waals surface area (Å²) in [5.74, 6) is 0. The molecule has 1 aromatic rings. The lowest BCUT2D eigenvalue weighted by Crippen LogP contribution is -2.29. The van der Waals surface area contributed by atoms with E-state index in [1.165, 1.54) is 12.1 Å². The number of hydrogen-bond donors (Lipinski definition) is 2. The van der Waals surface area contributed by atoms with Crippen LogP contribution in [0.3, 0.4) is 0 Å². The van der Waals surface area contributed by atoms with Crippen molar-refractivity contribution in [3.63, 3.8) is 0 Å². The molecule has 0 aliphatic heterocycles. The summed E-state index contributed by atoms with van der Waals surface area (Å²) in [6.45, 7) is 2.28. The fourth-order valence-corrected chi connectivity index (χ4v) is 3.42. The van der Waals surface area contributed by atoms with E-state index in [1.807, 2.05) is 13.2 Å². The van der Waals surface area contributed by atoms with Gasteiger partial charge in [-0.1, -0.05) is 36.8 Å². The minimum atomic E-state index is -3.62. The third-order valence-electron chi connectivity index (χ3n) is 2.47. The Balaban J connectivity index is 2.99. The van der Waals surface area contributed by atoms with E-state index in [4.69, 9.17) is 29.6 Å². The molecule has 19 heavy (non-hydrogen) atoms. The highest BCUT2D eigenvalue weighted by Crippen LogP contribution is 2.22. The molecule has 0 aromatic heterocycles. The van der Waals surface area contributed by atoms with Crippen LogP contribution in [-0.4, -0.2) is 31.5 Å². The number of sulfonamides is 1. The standard InChI is InChI=1S/C11H15ClN2O2S3/c1-7(18-2)6-14-19(15,16)10-4-3-8(11(13)17)5-9(10)12/h3-5,7,14H,6H2,1-2H3,(H2,13,17). The molecule has 1 rings (SSSR count). The van der Waals surface area contributed by atoms with Gasteiger partial charge >= 0.3 is 0 Å². The van der Waals surface area contributed by atoms with Crippen molar-refractivity contribution in [2.45, 2.75) is 17.1 Å². The van der Waals surface area contributed by atoms with Gasteiger partial charge < -0.3 is 5.73 Å². The number of rotatable bonds is 6. The predicted octanol–water partition coefficient (Wildman–Crippen LogP) is 2.00. The molecule has 0 aliphatic rings. The predicted molar refractivity (Wildman–Crippen MR) is 85.5 cm³/mol. The van der Waals surface area contributed by atoms with Crippen molar-refractivity contribution >= 4 is 50.6 Å². The first-order chi connectivity index (χ1) is 8.77. The maximum absolute atomic E-state index is 12.1. The molecule has 4 nitrogen and oxygen atoms in total. The Morgan fingerprint density at radius 1 is 1.58 bits per heavy atom. The van der Waals surface area contributed by atoms with E-state index in [1.54, 1.807) is 17.8 Å². The zero-order valence-corrected chi connectivity index (χ0v) is 13.7. The van der Waals surface area contributed by atoms with Crippen molar-refractivity contribution < 1.29 is 8.42 Å². The topological polar surface area (TPSA) is 72.2 Å². The molecule has 0 heterocycles. The Kier molecular flexibility index (Phi) is 6.07. The van der Waals surface area contributed by atoms with Crippen molar-refractivity contribution in [1.29, 1.82) is 0 Å². The normalized spacial score (nSPS) is 13.2. The van der Waals surface area contributed by atoms with Gasteiger partial charge in [-0.05, 0) is 18.4 Å². The molecule has 0 bridgehead atoms. The first kappa shape index (κ1) is 16.7. The summed E-state index contributed by atoms with van der Waals surface area (Å²) in [4.78, 5) is 0.206. The van der Waals surface area contributed by atoms with Gasteiger partial charge in [-0.25, -0.2) is 13.1 Å². The van der Waals surface area contributed by atoms with E-state index in [-0.39, 0.29) is 20.2 Å². The Bertz CT molecular complexity index is 575. The van der Waals surface area contributed by atoms with Gasteiger partial charge in [0.15, 0.2) is 0 Å². The van der Waals surface area contributed by atoms with Crippen LogP contribution in [0.4, 0.5) is 0 Å². The highest BCUT2D eigenvalue weighted by Gasteiger charge is 2.19. The number of halogens is 1. The van der Waals surface area contributed by atoms with Crippen LogP contribution in [0.5, 0.6) is 0 Å². The molecule has 3 N–H and O–H groups in total. The number of thioether (sulfide) groups is 1. The van der Waals surface area contributed by atoms with E-state index in [9.17, 15) is 8.42 Å². The summed E-state index contributed by atoms with van der Waals surface area (Å²) in [6.07, 6.45) is 1.92. The first-order valence-electron chi connectivity index (χ1n) is 5.39. The van der Waals surface area contributed by atoms with Gasteiger partial charge in [0.05, 0.1) is 5.02 Å². The Morgan fingerprint density at radius 3 is 2.68 bits per heavy atom. The molecule has 0 radical (unpaired) electrons. The maximum Gasteiger partial charge on any atom is 0.242 e. The molecule has 0 fully saturated rings. The third-order valence-corrected chi connectivity index (χ3v) is 5.58. The summed E-state index contributed by atoms with van der Waals surface area (Å²) in [5.41, 5.74) is 6.00. The van der Waals surface area contributed by atoms with Gasteiger partial charge in [0.25, 0.3) is 0 Å². The zero-order valence-electron chi connectivity index (χ0n) is 10.5. The largest absolute Gasteiger partial charge is 0.389 e. The molecule has 0 amide bonds. The number of benzene rings is 1. The molecule has 106 valence electrons. The van der Waals surface area contributed by atoms with E-state index in [2.05, 4.69) is 4.72 Å². The van der Waals surface area contributed by atoms with Crippen LogP contribution in [0, 0.1) is 0 Å². The van der Waals surface area contributed by atoms with Gasteiger partial charge in [-0.3, -0.25) is 0 Å². The second kappa shape index (κ2) is 6.90. The second-order valence-corrected chi connectivity index (χ2v) is 7.77. The molecule has 1 unspecified atom stereocenters. The van der Waals surface area contributed by atoms with Gasteiger partial charge in [-0.2, -0.15) is 11.8 Å². The molecular formula is C11H15ClN2O2S3. The molecule has 1 atom stereocenters. The van der Waals surface area contributed by atoms with Crippen LogP contribution < -0.4 is 10.5 Å². The summed E-state index contributed by atoms with van der Waals surface area (Å²) in [7, 11) is -3.62. The van der Waals surface area contributed by atoms with Crippen LogP contribution >= 0.6 is 35.6 Å². The quantitative estimate of drug-likeness (QED) is 0.776. The monoisotopic (exact) mass is 338 g/mol. The van der Waals surface area contributed by atoms with Crippen LogP contribution in [0.15, 0.2) is 23.1 Å². The summed E-state index contributed by atoms with van der Waals surface area (Å²) in [5, 5.41) is 0.291. The number of hydrogen-bond acceptors (Lipinski definition) is 4. The fraction of sp³-hybridized carbons (Fsp3) is 0.364. The van der Waals surface area contributed by atoms with Crippen LogP contribution in [0.1, 0.15) is 12.5 Å². The highest BCUT2D eigenvalue weighted by molar-refractivity contribution is 7.99. The fourth-order valence-electron chi connectivity index (χ4n) is 1.26. The van der Waals surface area contributed by atoms with Gasteiger partial charge in [0, 0.05) is 17.4 Å². The van der Waals surface area contributed by atoms with Crippen molar-refractivity contribution in [2.75, 3.05) is 12.8 Å². The van der Waals surface area contributed by atoms with Crippen molar-refractivity contribution in [3.8, 4) is 0 Å². The molecule has 0 saturated heterocycles. The lowest BCUT2D eigenvalue weighted by molar-refractivity contribution is 0.581. The first-order valence-corrected chi connectivity index (χ1v) is 8.95. The summed E-state index contributed by atoms with van der Waals surface area (Å²) < 4.78 is 26.7. The molecule has 0 spiro atoms. The minimum Gasteiger partial charge on any atom is -0.389 e. The lowest BCUT2D eigenvalue weighted by Gasteiger charge is -2.12. The van der Waals surface area contributed by atoms with Crippen LogP contribution in [-0.2, 0) is 10.0 Å². The molecule has 0 saturated carbocycles. The Hall–Kier alpha value is -0.340. The van der Waals surface area contributed by atoms with Crippen molar-refractivity contribution in [2.24, 2.45) is 5.73 Å². The van der Waals surface area contributed by atoms with E-state index < -0.39 is 10.0 Å². The van der Waals surface area contributed by atoms with Crippen LogP contribution in [0.25, 0.3) is 0 Å². The van der Waals surface area contributed by atoms with Crippen LogP contribution in [0.2, 0.25) is 5.02 Å². The molecular weight excluding hydrogens is 324 g/mol. The average Bonchev–Trinajstić information content (AvgIpc) is 2.35. The number of nitrogens with one attached hydrogen (secondary N) is 1. The van der Waals surface area contributed by atoms with E-state index in [0.717, 1.165) is 0 Å². The SMILES string of the molecule is CSC(C)CNS(=O)(=O)c1ccc(C(N)=S)cc1Cl. The average molecular weight is 339 g/mol. The second-order valence-electron chi connectivity index (χ2n) is 3.91. The van der Waals surface area contributed by atoms with Crippen molar-refractivity contribution in [3.05, 3.63) is 28.8 Å². The molecule has 1 aromatic carbocycles. The minimum absolute atomic E-state index is 0.0301. The van der Waals surface area contributed by atoms with E-state index in [0.29, 0.717) is 12.1 Å². The van der Waals surface area contributed by atoms with Gasteiger partial charge in [0.2, 0.25) is 10.0 Å². The van der Waals surface area contributed by atoms with Gasteiger partial charge in [-0.15, -0.1) is 0 Å². The number of nitrogens with two attached hydrogens (primary N) is 1. The highest BCUT2D eigenvalue weighted by atomic mass is 35.5. The summed E-state index contributed by atoms with van der Waals surface area (Å²) >= 11 is 12.4. The Morgan fingerprint density at radius 2 is 2.21 bits per heavy atom. The molecule has 0 aliphatic carbocycles. The third kappa shape index (κ3) is 4.61. The van der Waals surface area contributed by atoms with Crippen molar-refractivity contribution in [1.82, 2.24) is 4.72 Å². The summed E-state index contributed by atoms with van der Waals surface area (Å²) in [6, 6.07) is 4.40.